The van der Waals surface area contributed by atoms with Gasteiger partial charge in [-0.1, -0.05) is 39.0 Å². The number of aliphatic hydroxyl groups is 1. The van der Waals surface area contributed by atoms with Crippen LogP contribution in [0.5, 0.6) is 5.75 Å². The number of rotatable bonds is 5. The predicted octanol–water partition coefficient (Wildman–Crippen LogP) is 3.10. The molecule has 7 heteroatoms. The van der Waals surface area contributed by atoms with E-state index in [9.17, 15) is 14.7 Å². The number of aliphatic hydroxyl groups excluding tert-OH is 1. The van der Waals surface area contributed by atoms with Gasteiger partial charge in [0.1, 0.15) is 17.9 Å². The molecule has 0 spiro atoms. The Bertz CT molecular complexity index is 783. The zero-order chi connectivity index (χ0) is 22.8. The molecule has 31 heavy (non-hydrogen) atoms. The summed E-state index contributed by atoms with van der Waals surface area (Å²) in [5, 5.41) is 11.6. The SMILES string of the molecule is CCOC(=O)[C@@H]1[C@@H](C(C)(C)C)[C@H](O)[C@H](c2ccccc2OC)N1C(=O)[C@@H]1CCCCO1. The summed E-state index contributed by atoms with van der Waals surface area (Å²) in [5.74, 6) is -0.734. The number of esters is 1. The van der Waals surface area contributed by atoms with Crippen molar-refractivity contribution < 1.29 is 28.9 Å². The molecule has 0 aromatic heterocycles. The van der Waals surface area contributed by atoms with Gasteiger partial charge in [-0.2, -0.15) is 0 Å². The molecular formula is C24H35NO6. The lowest BCUT2D eigenvalue weighted by Gasteiger charge is -2.36. The van der Waals surface area contributed by atoms with Crippen LogP contribution in [0.2, 0.25) is 0 Å². The molecule has 0 radical (unpaired) electrons. The number of para-hydroxylation sites is 1. The molecule has 3 rings (SSSR count). The molecule has 172 valence electrons. The Morgan fingerprint density at radius 1 is 1.23 bits per heavy atom. The fourth-order valence-electron chi connectivity index (χ4n) is 4.99. The number of likely N-dealkylation sites (tertiary alicyclic amines) is 1. The molecule has 1 aromatic carbocycles. The van der Waals surface area contributed by atoms with Crippen molar-refractivity contribution in [3.05, 3.63) is 29.8 Å². The Morgan fingerprint density at radius 2 is 1.94 bits per heavy atom. The van der Waals surface area contributed by atoms with Crippen molar-refractivity contribution in [3.63, 3.8) is 0 Å². The van der Waals surface area contributed by atoms with Gasteiger partial charge in [-0.15, -0.1) is 0 Å². The second-order valence-corrected chi connectivity index (χ2v) is 9.37. The van der Waals surface area contributed by atoms with Gasteiger partial charge in [0.2, 0.25) is 0 Å². The number of carbonyl (C=O) groups excluding carboxylic acids is 2. The summed E-state index contributed by atoms with van der Waals surface area (Å²) in [6.07, 6.45) is 0.791. The van der Waals surface area contributed by atoms with Crippen LogP contribution < -0.4 is 4.74 Å². The van der Waals surface area contributed by atoms with Crippen LogP contribution in [0.25, 0.3) is 0 Å². The van der Waals surface area contributed by atoms with Gasteiger partial charge >= 0.3 is 5.97 Å². The Balaban J connectivity index is 2.15. The Hall–Kier alpha value is -2.12. The molecule has 2 saturated heterocycles. The highest BCUT2D eigenvalue weighted by molar-refractivity contribution is 5.89. The molecule has 0 bridgehead atoms. The normalized spacial score (nSPS) is 29.0. The van der Waals surface area contributed by atoms with Crippen LogP contribution >= 0.6 is 0 Å². The highest BCUT2D eigenvalue weighted by atomic mass is 16.5. The van der Waals surface area contributed by atoms with Gasteiger partial charge in [-0.05, 0) is 37.7 Å². The number of ether oxygens (including phenoxy) is 3. The first-order chi connectivity index (χ1) is 14.7. The maximum Gasteiger partial charge on any atom is 0.329 e. The molecule has 2 heterocycles. The highest BCUT2D eigenvalue weighted by Gasteiger charge is 2.59. The quantitative estimate of drug-likeness (QED) is 0.719. The van der Waals surface area contributed by atoms with Crippen molar-refractivity contribution in [2.45, 2.75) is 71.2 Å². The average Bonchev–Trinajstić information content (AvgIpc) is 3.07. The van der Waals surface area contributed by atoms with E-state index in [2.05, 4.69) is 0 Å². The monoisotopic (exact) mass is 433 g/mol. The first-order valence-corrected chi connectivity index (χ1v) is 11.1. The van der Waals surface area contributed by atoms with E-state index in [-0.39, 0.29) is 12.5 Å². The number of hydrogen-bond acceptors (Lipinski definition) is 6. The van der Waals surface area contributed by atoms with Gasteiger partial charge in [0.05, 0.1) is 25.9 Å². The van der Waals surface area contributed by atoms with E-state index in [0.717, 1.165) is 12.8 Å². The molecule has 0 unspecified atom stereocenters. The van der Waals surface area contributed by atoms with Crippen molar-refractivity contribution >= 4 is 11.9 Å². The number of amides is 1. The van der Waals surface area contributed by atoms with Gasteiger partial charge in [-0.25, -0.2) is 4.79 Å². The summed E-state index contributed by atoms with van der Waals surface area (Å²) in [6, 6.07) is 5.65. The van der Waals surface area contributed by atoms with Crippen LogP contribution in [-0.2, 0) is 19.1 Å². The molecule has 1 aromatic rings. The van der Waals surface area contributed by atoms with Crippen LogP contribution in [-0.4, -0.2) is 60.5 Å². The Morgan fingerprint density at radius 3 is 2.52 bits per heavy atom. The van der Waals surface area contributed by atoms with Crippen LogP contribution in [0, 0.1) is 11.3 Å². The molecule has 2 fully saturated rings. The second-order valence-electron chi connectivity index (χ2n) is 9.37. The summed E-state index contributed by atoms with van der Waals surface area (Å²) < 4.78 is 16.7. The van der Waals surface area contributed by atoms with E-state index in [1.807, 2.05) is 39.0 Å². The number of benzene rings is 1. The van der Waals surface area contributed by atoms with Crippen LogP contribution in [0.1, 0.15) is 58.6 Å². The fourth-order valence-corrected chi connectivity index (χ4v) is 4.99. The van der Waals surface area contributed by atoms with E-state index in [1.54, 1.807) is 20.1 Å². The van der Waals surface area contributed by atoms with Crippen molar-refractivity contribution in [2.75, 3.05) is 20.3 Å². The zero-order valence-electron chi connectivity index (χ0n) is 19.2. The maximum absolute atomic E-state index is 13.8. The number of nitrogens with zero attached hydrogens (tertiary/aromatic N) is 1. The second kappa shape index (κ2) is 9.57. The third-order valence-electron chi connectivity index (χ3n) is 6.33. The van der Waals surface area contributed by atoms with Gasteiger partial charge in [-0.3, -0.25) is 4.79 Å². The summed E-state index contributed by atoms with van der Waals surface area (Å²) in [7, 11) is 1.56. The molecule has 5 atom stereocenters. The van der Waals surface area contributed by atoms with Gasteiger partial charge in [0.15, 0.2) is 0 Å². The third kappa shape index (κ3) is 4.58. The largest absolute Gasteiger partial charge is 0.496 e. The van der Waals surface area contributed by atoms with Crippen molar-refractivity contribution in [1.29, 1.82) is 0 Å². The minimum Gasteiger partial charge on any atom is -0.496 e. The molecular weight excluding hydrogens is 398 g/mol. The molecule has 2 aliphatic heterocycles. The lowest BCUT2D eigenvalue weighted by Crippen LogP contribution is -2.51. The van der Waals surface area contributed by atoms with Crippen LogP contribution in [0.15, 0.2) is 24.3 Å². The van der Waals surface area contributed by atoms with Gasteiger partial charge in [0.25, 0.3) is 5.91 Å². The molecule has 1 amide bonds. The molecule has 0 saturated carbocycles. The summed E-state index contributed by atoms with van der Waals surface area (Å²) in [4.78, 5) is 28.5. The Kier molecular flexibility index (Phi) is 7.27. The average molecular weight is 434 g/mol. The molecule has 7 nitrogen and oxygen atoms in total. The summed E-state index contributed by atoms with van der Waals surface area (Å²) in [6.45, 7) is 8.36. The third-order valence-corrected chi connectivity index (χ3v) is 6.33. The number of methoxy groups -OCH3 is 1. The van der Waals surface area contributed by atoms with Crippen LogP contribution in [0.3, 0.4) is 0 Å². The zero-order valence-corrected chi connectivity index (χ0v) is 19.2. The van der Waals surface area contributed by atoms with E-state index < -0.39 is 41.6 Å². The number of hydrogen-bond donors (Lipinski definition) is 1. The molecule has 0 aliphatic carbocycles. The van der Waals surface area contributed by atoms with Gasteiger partial charge in [0, 0.05) is 18.1 Å². The Labute approximate surface area is 184 Å². The van der Waals surface area contributed by atoms with E-state index in [0.29, 0.717) is 24.3 Å². The van der Waals surface area contributed by atoms with E-state index >= 15 is 0 Å². The first kappa shape index (κ1) is 23.5. The number of carbonyl (C=O) groups is 2. The minimum absolute atomic E-state index is 0.198. The van der Waals surface area contributed by atoms with Crippen molar-refractivity contribution in [3.8, 4) is 5.75 Å². The summed E-state index contributed by atoms with van der Waals surface area (Å²) in [5.41, 5.74) is 0.210. The van der Waals surface area contributed by atoms with Crippen molar-refractivity contribution in [1.82, 2.24) is 4.90 Å². The van der Waals surface area contributed by atoms with Gasteiger partial charge < -0.3 is 24.2 Å². The smallest absolute Gasteiger partial charge is 0.329 e. The summed E-state index contributed by atoms with van der Waals surface area (Å²) >= 11 is 0. The maximum atomic E-state index is 13.8. The standard InChI is InChI=1S/C24H35NO6/c1-6-30-23(28)20-18(24(2,3)4)21(26)19(15-11-7-8-12-16(15)29-5)25(20)22(27)17-13-9-10-14-31-17/h7-8,11-12,17-21,26H,6,9-10,13-14H2,1-5H3/t17-,18+,19-,20-,21-/m0/s1. The van der Waals surface area contributed by atoms with Crippen molar-refractivity contribution in [2.24, 2.45) is 11.3 Å². The molecule has 1 N–H and O–H groups in total. The van der Waals surface area contributed by atoms with E-state index in [4.69, 9.17) is 14.2 Å². The lowest BCUT2D eigenvalue weighted by molar-refractivity contribution is -0.162. The van der Waals surface area contributed by atoms with E-state index in [1.165, 1.54) is 4.90 Å². The fraction of sp³-hybridized carbons (Fsp3) is 0.667. The molecule has 2 aliphatic rings. The highest BCUT2D eigenvalue weighted by Crippen LogP contribution is 2.50. The minimum atomic E-state index is -0.974. The van der Waals surface area contributed by atoms with Crippen LogP contribution in [0.4, 0.5) is 0 Å². The topological polar surface area (TPSA) is 85.3 Å². The predicted molar refractivity (Wildman–Crippen MR) is 116 cm³/mol. The first-order valence-electron chi connectivity index (χ1n) is 11.1. The lowest BCUT2D eigenvalue weighted by atomic mass is 9.73.